The van der Waals surface area contributed by atoms with E-state index >= 15 is 0 Å². The van der Waals surface area contributed by atoms with Crippen molar-refractivity contribution in [2.75, 3.05) is 33.3 Å². The molecule has 1 aliphatic heterocycles. The predicted molar refractivity (Wildman–Crippen MR) is 83.4 cm³/mol. The lowest BCUT2D eigenvalue weighted by Gasteiger charge is -2.22. The molecular formula is C16H25N3O2. The molecular weight excluding hydrogens is 266 g/mol. The van der Waals surface area contributed by atoms with Gasteiger partial charge in [0.15, 0.2) is 0 Å². The van der Waals surface area contributed by atoms with Crippen LogP contribution in [0.25, 0.3) is 0 Å². The van der Waals surface area contributed by atoms with Crippen LogP contribution in [0.15, 0.2) is 24.3 Å². The third-order valence-electron chi connectivity index (χ3n) is 3.92. The number of amides is 1. The Hall–Kier alpha value is -1.59. The topological polar surface area (TPSA) is 67.6 Å². The molecule has 21 heavy (non-hydrogen) atoms. The monoisotopic (exact) mass is 291 g/mol. The average Bonchev–Trinajstić information content (AvgIpc) is 2.97. The zero-order valence-corrected chi connectivity index (χ0v) is 12.7. The van der Waals surface area contributed by atoms with Crippen LogP contribution in [0.2, 0.25) is 0 Å². The largest absolute Gasteiger partial charge is 0.492 e. The maximum atomic E-state index is 11.8. The molecule has 0 saturated carbocycles. The molecule has 0 spiro atoms. The van der Waals surface area contributed by atoms with Crippen molar-refractivity contribution in [1.29, 1.82) is 0 Å². The van der Waals surface area contributed by atoms with Crippen LogP contribution in [-0.2, 0) is 11.2 Å². The minimum Gasteiger partial charge on any atom is -0.492 e. The number of likely N-dealkylation sites (N-methyl/N-ethyl adjacent to an activating group) is 1. The van der Waals surface area contributed by atoms with Crippen molar-refractivity contribution in [3.05, 3.63) is 29.8 Å². The number of nitrogens with zero attached hydrogens (tertiary/aromatic N) is 1. The summed E-state index contributed by atoms with van der Waals surface area (Å²) in [5, 5.41) is 2.73. The summed E-state index contributed by atoms with van der Waals surface area (Å²) in [7, 11) is 1.69. The Morgan fingerprint density at radius 2 is 2.19 bits per heavy atom. The number of carbonyl (C=O) groups is 1. The Morgan fingerprint density at radius 3 is 2.86 bits per heavy atom. The van der Waals surface area contributed by atoms with E-state index in [9.17, 15) is 4.79 Å². The van der Waals surface area contributed by atoms with Crippen LogP contribution in [-0.4, -0.2) is 50.1 Å². The first-order valence-corrected chi connectivity index (χ1v) is 7.62. The van der Waals surface area contributed by atoms with Crippen molar-refractivity contribution in [3.8, 4) is 5.75 Å². The molecule has 0 aliphatic carbocycles. The van der Waals surface area contributed by atoms with Crippen molar-refractivity contribution in [3.63, 3.8) is 0 Å². The van der Waals surface area contributed by atoms with Crippen LogP contribution < -0.4 is 15.8 Å². The molecule has 0 radical (unpaired) electrons. The van der Waals surface area contributed by atoms with Crippen molar-refractivity contribution in [1.82, 2.24) is 10.2 Å². The molecule has 1 fully saturated rings. The second-order valence-electron chi connectivity index (χ2n) is 5.34. The highest BCUT2D eigenvalue weighted by Crippen LogP contribution is 2.17. The van der Waals surface area contributed by atoms with Crippen LogP contribution >= 0.6 is 0 Å². The fourth-order valence-electron chi connectivity index (χ4n) is 2.76. The van der Waals surface area contributed by atoms with Gasteiger partial charge in [0.1, 0.15) is 12.4 Å². The van der Waals surface area contributed by atoms with Crippen LogP contribution in [0.5, 0.6) is 5.75 Å². The smallest absolute Gasteiger partial charge is 0.237 e. The maximum absolute atomic E-state index is 11.8. The summed E-state index contributed by atoms with van der Waals surface area (Å²) in [6.45, 7) is 3.01. The second kappa shape index (κ2) is 8.00. The molecule has 1 aromatic rings. The third kappa shape index (κ3) is 4.44. The third-order valence-corrected chi connectivity index (χ3v) is 3.92. The highest BCUT2D eigenvalue weighted by Gasteiger charge is 2.29. The lowest BCUT2D eigenvalue weighted by atomic mass is 10.1. The standard InChI is InChI=1S/C16H25N3O2/c1-18-16(20)15-3-2-10-19(15)11-12-21-14-6-4-13(5-7-14)8-9-17/h4-7,15H,2-3,8-12,17H2,1H3,(H,18,20). The first-order chi connectivity index (χ1) is 10.2. The minimum absolute atomic E-state index is 0.00512. The summed E-state index contributed by atoms with van der Waals surface area (Å²) in [4.78, 5) is 13.9. The van der Waals surface area contributed by atoms with E-state index in [2.05, 4.69) is 10.2 Å². The van der Waals surface area contributed by atoms with Gasteiger partial charge in [-0.1, -0.05) is 12.1 Å². The molecule has 1 unspecified atom stereocenters. The van der Waals surface area contributed by atoms with Gasteiger partial charge in [0.2, 0.25) is 5.91 Å². The number of nitrogens with one attached hydrogen (secondary N) is 1. The van der Waals surface area contributed by atoms with E-state index in [0.29, 0.717) is 13.2 Å². The summed E-state index contributed by atoms with van der Waals surface area (Å²) in [6.07, 6.45) is 2.90. The van der Waals surface area contributed by atoms with E-state index in [1.807, 2.05) is 24.3 Å². The van der Waals surface area contributed by atoms with E-state index in [1.165, 1.54) is 5.56 Å². The highest BCUT2D eigenvalue weighted by atomic mass is 16.5. The molecule has 116 valence electrons. The highest BCUT2D eigenvalue weighted by molar-refractivity contribution is 5.81. The molecule has 1 atom stereocenters. The molecule has 2 rings (SSSR count). The molecule has 1 heterocycles. The van der Waals surface area contributed by atoms with Gasteiger partial charge in [-0.15, -0.1) is 0 Å². The van der Waals surface area contributed by atoms with E-state index in [-0.39, 0.29) is 11.9 Å². The van der Waals surface area contributed by atoms with Gasteiger partial charge in [0.05, 0.1) is 6.04 Å². The molecule has 0 aromatic heterocycles. The van der Waals surface area contributed by atoms with Gasteiger partial charge in [0, 0.05) is 13.6 Å². The second-order valence-corrected chi connectivity index (χ2v) is 5.34. The van der Waals surface area contributed by atoms with Crippen molar-refractivity contribution < 1.29 is 9.53 Å². The zero-order valence-electron chi connectivity index (χ0n) is 12.7. The molecule has 1 aromatic carbocycles. The van der Waals surface area contributed by atoms with Gasteiger partial charge in [-0.05, 0) is 50.0 Å². The molecule has 3 N–H and O–H groups in total. The van der Waals surface area contributed by atoms with Gasteiger partial charge >= 0.3 is 0 Å². The van der Waals surface area contributed by atoms with E-state index in [0.717, 1.165) is 38.1 Å². The lowest BCUT2D eigenvalue weighted by molar-refractivity contribution is -0.125. The van der Waals surface area contributed by atoms with E-state index in [4.69, 9.17) is 10.5 Å². The first kappa shape index (κ1) is 15.8. The van der Waals surface area contributed by atoms with Crippen molar-refractivity contribution >= 4 is 5.91 Å². The number of ether oxygens (including phenoxy) is 1. The number of hydrogen-bond acceptors (Lipinski definition) is 4. The summed E-state index contributed by atoms with van der Waals surface area (Å²) in [5.74, 6) is 0.977. The predicted octanol–water partition coefficient (Wildman–Crippen LogP) is 0.777. The summed E-state index contributed by atoms with van der Waals surface area (Å²) < 4.78 is 5.76. The number of nitrogens with two attached hydrogens (primary N) is 1. The Balaban J connectivity index is 1.77. The lowest BCUT2D eigenvalue weighted by Crippen LogP contribution is -2.43. The minimum atomic E-state index is 0.00512. The number of carbonyl (C=O) groups excluding carboxylic acids is 1. The Morgan fingerprint density at radius 1 is 1.43 bits per heavy atom. The Bertz CT molecular complexity index is 447. The van der Waals surface area contributed by atoms with Gasteiger partial charge in [-0.3, -0.25) is 9.69 Å². The van der Waals surface area contributed by atoms with Gasteiger partial charge < -0.3 is 15.8 Å². The van der Waals surface area contributed by atoms with Gasteiger partial charge in [0.25, 0.3) is 0 Å². The maximum Gasteiger partial charge on any atom is 0.237 e. The van der Waals surface area contributed by atoms with Crippen LogP contribution in [0.1, 0.15) is 18.4 Å². The first-order valence-electron chi connectivity index (χ1n) is 7.62. The quantitative estimate of drug-likeness (QED) is 0.779. The van der Waals surface area contributed by atoms with E-state index in [1.54, 1.807) is 7.05 Å². The Labute approximate surface area is 126 Å². The molecule has 1 amide bonds. The zero-order chi connectivity index (χ0) is 15.1. The summed E-state index contributed by atoms with van der Waals surface area (Å²) >= 11 is 0. The SMILES string of the molecule is CNC(=O)C1CCCN1CCOc1ccc(CCN)cc1. The van der Waals surface area contributed by atoms with Gasteiger partial charge in [-0.2, -0.15) is 0 Å². The number of rotatable bonds is 7. The average molecular weight is 291 g/mol. The summed E-state index contributed by atoms with van der Waals surface area (Å²) in [6, 6.07) is 8.05. The normalized spacial score (nSPS) is 18.7. The fourth-order valence-corrected chi connectivity index (χ4v) is 2.76. The van der Waals surface area contributed by atoms with Crippen LogP contribution in [0.3, 0.4) is 0 Å². The number of hydrogen-bond donors (Lipinski definition) is 2. The summed E-state index contributed by atoms with van der Waals surface area (Å²) in [5.41, 5.74) is 6.75. The van der Waals surface area contributed by atoms with E-state index < -0.39 is 0 Å². The number of likely N-dealkylation sites (tertiary alicyclic amines) is 1. The number of benzene rings is 1. The van der Waals surface area contributed by atoms with Crippen molar-refractivity contribution in [2.45, 2.75) is 25.3 Å². The molecule has 1 saturated heterocycles. The molecule has 0 bridgehead atoms. The molecule has 5 nitrogen and oxygen atoms in total. The van der Waals surface area contributed by atoms with Crippen molar-refractivity contribution in [2.24, 2.45) is 5.73 Å². The Kier molecular flexibility index (Phi) is 6.02. The molecule has 5 heteroatoms. The van der Waals surface area contributed by atoms with Gasteiger partial charge in [-0.25, -0.2) is 0 Å². The van der Waals surface area contributed by atoms with Crippen LogP contribution in [0.4, 0.5) is 0 Å². The van der Waals surface area contributed by atoms with Crippen LogP contribution in [0, 0.1) is 0 Å². The fraction of sp³-hybridized carbons (Fsp3) is 0.562. The molecule has 1 aliphatic rings.